The Morgan fingerprint density at radius 1 is 0.969 bits per heavy atom. The van der Waals surface area contributed by atoms with E-state index in [4.69, 9.17) is 11.6 Å². The topological polar surface area (TPSA) is 61.4 Å². The normalized spacial score (nSPS) is 17.2. The van der Waals surface area contributed by atoms with E-state index >= 15 is 0 Å². The van der Waals surface area contributed by atoms with E-state index in [9.17, 15) is 9.59 Å². The molecule has 2 fully saturated rings. The summed E-state index contributed by atoms with van der Waals surface area (Å²) in [7, 11) is 0. The first kappa shape index (κ1) is 22.8. The average molecular weight is 454 g/mol. The number of aryl methyl sites for hydroxylation is 1. The largest absolute Gasteiger partial charge is 0.352 e. The van der Waals surface area contributed by atoms with Crippen molar-refractivity contribution in [1.29, 1.82) is 0 Å². The Labute approximate surface area is 195 Å². The average Bonchev–Trinajstić information content (AvgIpc) is 3.62. The zero-order chi connectivity index (χ0) is 22.5. The van der Waals surface area contributed by atoms with Gasteiger partial charge in [0.15, 0.2) is 0 Å². The maximum Gasteiger partial charge on any atom is 0.251 e. The second kappa shape index (κ2) is 10.5. The third-order valence-electron chi connectivity index (χ3n) is 6.60. The SMILES string of the molecule is Cc1cc(C(=O)NCc2ccc(Cl)cc2)ccc1CNC(=O)C1CCN(CC2CC2)CC1. The number of benzene rings is 2. The van der Waals surface area contributed by atoms with Crippen LogP contribution >= 0.6 is 11.6 Å². The summed E-state index contributed by atoms with van der Waals surface area (Å²) in [4.78, 5) is 27.7. The van der Waals surface area contributed by atoms with Crippen LogP contribution in [0.4, 0.5) is 0 Å². The summed E-state index contributed by atoms with van der Waals surface area (Å²) in [6.45, 7) is 6.22. The monoisotopic (exact) mass is 453 g/mol. The Balaban J connectivity index is 1.23. The minimum Gasteiger partial charge on any atom is -0.352 e. The Morgan fingerprint density at radius 3 is 2.34 bits per heavy atom. The van der Waals surface area contributed by atoms with Gasteiger partial charge in [-0.25, -0.2) is 0 Å². The molecule has 0 aromatic heterocycles. The number of carbonyl (C=O) groups excluding carboxylic acids is 2. The van der Waals surface area contributed by atoms with Crippen molar-refractivity contribution in [2.24, 2.45) is 11.8 Å². The van der Waals surface area contributed by atoms with E-state index in [1.165, 1.54) is 19.4 Å². The quantitative estimate of drug-likeness (QED) is 0.625. The highest BCUT2D eigenvalue weighted by atomic mass is 35.5. The molecule has 5 nitrogen and oxygen atoms in total. The molecule has 2 aliphatic rings. The molecule has 32 heavy (non-hydrogen) atoms. The smallest absolute Gasteiger partial charge is 0.251 e. The third-order valence-corrected chi connectivity index (χ3v) is 6.85. The standard InChI is InChI=1S/C26H32ClN3O2/c1-18-14-22(26(32)28-15-19-4-8-24(27)9-5-19)6-7-23(18)16-29-25(31)21-10-12-30(13-11-21)17-20-2-3-20/h4-9,14,20-21H,2-3,10-13,15-17H2,1H3,(H,28,32)(H,29,31). The molecule has 2 N–H and O–H groups in total. The van der Waals surface area contributed by atoms with Gasteiger partial charge >= 0.3 is 0 Å². The van der Waals surface area contributed by atoms with Crippen molar-refractivity contribution < 1.29 is 9.59 Å². The Hall–Kier alpha value is -2.37. The van der Waals surface area contributed by atoms with Crippen molar-refractivity contribution in [1.82, 2.24) is 15.5 Å². The molecule has 1 aliphatic heterocycles. The number of likely N-dealkylation sites (tertiary alicyclic amines) is 1. The van der Waals surface area contributed by atoms with Crippen molar-refractivity contribution >= 4 is 23.4 Å². The van der Waals surface area contributed by atoms with Crippen LogP contribution in [-0.4, -0.2) is 36.3 Å². The van der Waals surface area contributed by atoms with Crippen molar-refractivity contribution in [3.05, 3.63) is 69.7 Å². The molecule has 1 aliphatic carbocycles. The van der Waals surface area contributed by atoms with Crippen LogP contribution in [-0.2, 0) is 17.9 Å². The first-order valence-corrected chi connectivity index (χ1v) is 12.0. The summed E-state index contributed by atoms with van der Waals surface area (Å²) in [6.07, 6.45) is 4.65. The molecule has 170 valence electrons. The van der Waals surface area contributed by atoms with Gasteiger partial charge in [-0.2, -0.15) is 0 Å². The molecule has 0 radical (unpaired) electrons. The highest BCUT2D eigenvalue weighted by Crippen LogP contribution is 2.31. The highest BCUT2D eigenvalue weighted by molar-refractivity contribution is 6.30. The number of halogens is 1. The predicted octanol–water partition coefficient (Wildman–Crippen LogP) is 4.32. The van der Waals surface area contributed by atoms with Crippen molar-refractivity contribution in [2.45, 2.75) is 45.7 Å². The van der Waals surface area contributed by atoms with Gasteiger partial charge in [0, 0.05) is 36.1 Å². The lowest BCUT2D eigenvalue weighted by Crippen LogP contribution is -2.41. The van der Waals surface area contributed by atoms with Gasteiger partial charge < -0.3 is 15.5 Å². The maximum atomic E-state index is 12.6. The third kappa shape index (κ3) is 6.33. The van der Waals surface area contributed by atoms with E-state index in [0.717, 1.165) is 48.5 Å². The first-order valence-electron chi connectivity index (χ1n) is 11.6. The minimum atomic E-state index is -0.114. The fourth-order valence-corrected chi connectivity index (χ4v) is 4.42. The van der Waals surface area contributed by atoms with Gasteiger partial charge in [-0.3, -0.25) is 9.59 Å². The fraction of sp³-hybridized carbons (Fsp3) is 0.462. The molecule has 2 aromatic carbocycles. The highest BCUT2D eigenvalue weighted by Gasteiger charge is 2.29. The second-order valence-electron chi connectivity index (χ2n) is 9.19. The van der Waals surface area contributed by atoms with Crippen LogP contribution in [0.15, 0.2) is 42.5 Å². The molecule has 2 amide bonds. The van der Waals surface area contributed by atoms with Crippen LogP contribution in [0.25, 0.3) is 0 Å². The van der Waals surface area contributed by atoms with E-state index in [1.54, 1.807) is 0 Å². The molecular weight excluding hydrogens is 422 g/mol. The zero-order valence-corrected chi connectivity index (χ0v) is 19.5. The zero-order valence-electron chi connectivity index (χ0n) is 18.7. The van der Waals surface area contributed by atoms with Gasteiger partial charge in [-0.05, 0) is 92.6 Å². The molecule has 1 heterocycles. The molecule has 1 saturated carbocycles. The van der Waals surface area contributed by atoms with Crippen LogP contribution in [0, 0.1) is 18.8 Å². The Morgan fingerprint density at radius 2 is 1.69 bits per heavy atom. The van der Waals surface area contributed by atoms with Crippen LogP contribution < -0.4 is 10.6 Å². The van der Waals surface area contributed by atoms with E-state index < -0.39 is 0 Å². The summed E-state index contributed by atoms with van der Waals surface area (Å²) < 4.78 is 0. The van der Waals surface area contributed by atoms with Crippen molar-refractivity contribution in [2.75, 3.05) is 19.6 Å². The first-order chi connectivity index (χ1) is 15.5. The summed E-state index contributed by atoms with van der Waals surface area (Å²) in [6, 6.07) is 13.1. The number of amides is 2. The molecule has 2 aromatic rings. The minimum absolute atomic E-state index is 0.114. The maximum absolute atomic E-state index is 12.6. The molecule has 4 rings (SSSR count). The molecule has 6 heteroatoms. The molecule has 0 atom stereocenters. The number of carbonyl (C=O) groups is 2. The molecular formula is C26H32ClN3O2. The van der Waals surface area contributed by atoms with E-state index in [0.29, 0.717) is 23.7 Å². The van der Waals surface area contributed by atoms with Gasteiger partial charge in [0.05, 0.1) is 0 Å². The lowest BCUT2D eigenvalue weighted by molar-refractivity contribution is -0.126. The Kier molecular flexibility index (Phi) is 7.48. The summed E-state index contributed by atoms with van der Waals surface area (Å²) >= 11 is 5.90. The van der Waals surface area contributed by atoms with Crippen LogP contribution in [0.2, 0.25) is 5.02 Å². The Bertz CT molecular complexity index is 948. The number of nitrogens with one attached hydrogen (secondary N) is 2. The lowest BCUT2D eigenvalue weighted by atomic mass is 9.95. The van der Waals surface area contributed by atoms with Crippen LogP contribution in [0.3, 0.4) is 0 Å². The lowest BCUT2D eigenvalue weighted by Gasteiger charge is -2.31. The number of hydrogen-bond donors (Lipinski definition) is 2. The van der Waals surface area contributed by atoms with Crippen molar-refractivity contribution in [3.8, 4) is 0 Å². The molecule has 1 saturated heterocycles. The van der Waals surface area contributed by atoms with Gasteiger partial charge in [0.1, 0.15) is 0 Å². The van der Waals surface area contributed by atoms with Crippen LogP contribution in [0.5, 0.6) is 0 Å². The number of piperidine rings is 1. The van der Waals surface area contributed by atoms with Gasteiger partial charge in [-0.15, -0.1) is 0 Å². The van der Waals surface area contributed by atoms with Gasteiger partial charge in [0.25, 0.3) is 5.91 Å². The number of nitrogens with zero attached hydrogens (tertiary/aromatic N) is 1. The van der Waals surface area contributed by atoms with Gasteiger partial charge in [0.2, 0.25) is 5.91 Å². The summed E-state index contributed by atoms with van der Waals surface area (Å²) in [5.41, 5.74) is 3.66. The molecule has 0 bridgehead atoms. The molecule has 0 unspecified atom stereocenters. The predicted molar refractivity (Wildman–Crippen MR) is 128 cm³/mol. The van der Waals surface area contributed by atoms with Gasteiger partial charge in [-0.1, -0.05) is 29.8 Å². The van der Waals surface area contributed by atoms with Crippen LogP contribution in [0.1, 0.15) is 52.7 Å². The van der Waals surface area contributed by atoms with E-state index in [1.807, 2.05) is 49.4 Å². The number of rotatable bonds is 8. The van der Waals surface area contributed by atoms with E-state index in [2.05, 4.69) is 15.5 Å². The summed E-state index contributed by atoms with van der Waals surface area (Å²) in [5, 5.41) is 6.72. The number of hydrogen-bond acceptors (Lipinski definition) is 3. The van der Waals surface area contributed by atoms with E-state index in [-0.39, 0.29) is 17.7 Å². The fourth-order valence-electron chi connectivity index (χ4n) is 4.29. The molecule has 0 spiro atoms. The summed E-state index contributed by atoms with van der Waals surface area (Å²) in [5.74, 6) is 1.06. The second-order valence-corrected chi connectivity index (χ2v) is 9.62. The van der Waals surface area contributed by atoms with Crippen molar-refractivity contribution in [3.63, 3.8) is 0 Å².